The maximum atomic E-state index is 5.64. The molecule has 1 heterocycles. The molecule has 0 atom stereocenters. The van der Waals surface area contributed by atoms with Gasteiger partial charge in [0.15, 0.2) is 0 Å². The van der Waals surface area contributed by atoms with Crippen molar-refractivity contribution < 1.29 is 4.74 Å². The molecule has 0 aliphatic rings. The zero-order chi connectivity index (χ0) is 13.6. The Balaban J connectivity index is 2.66. The minimum Gasteiger partial charge on any atom is -0.374 e. The summed E-state index contributed by atoms with van der Waals surface area (Å²) in [5, 5.41) is 6.41. The van der Waals surface area contributed by atoms with Gasteiger partial charge in [-0.15, -0.1) is 0 Å². The van der Waals surface area contributed by atoms with Crippen molar-refractivity contribution in [2.45, 2.75) is 40.2 Å². The quantitative estimate of drug-likeness (QED) is 0.780. The van der Waals surface area contributed by atoms with Crippen LogP contribution in [-0.2, 0) is 4.74 Å². The summed E-state index contributed by atoms with van der Waals surface area (Å²) in [7, 11) is 0. The van der Waals surface area contributed by atoms with Gasteiger partial charge in [0.2, 0.25) is 5.95 Å². The van der Waals surface area contributed by atoms with Gasteiger partial charge in [-0.05, 0) is 34.6 Å². The van der Waals surface area contributed by atoms with Crippen LogP contribution in [0.4, 0.5) is 11.8 Å². The molecule has 5 nitrogen and oxygen atoms in total. The lowest BCUT2D eigenvalue weighted by Crippen LogP contribution is -2.33. The van der Waals surface area contributed by atoms with Gasteiger partial charge in [0.25, 0.3) is 0 Å². The smallest absolute Gasteiger partial charge is 0.224 e. The van der Waals surface area contributed by atoms with Gasteiger partial charge in [-0.3, -0.25) is 0 Å². The molecule has 2 N–H and O–H groups in total. The van der Waals surface area contributed by atoms with E-state index in [1.54, 1.807) is 0 Å². The molecule has 0 fully saturated rings. The SMILES string of the molecule is CCNc1nc(C)cc(NCC(C)(C)OCC)n1. The number of hydrogen-bond acceptors (Lipinski definition) is 5. The highest BCUT2D eigenvalue weighted by Crippen LogP contribution is 2.13. The van der Waals surface area contributed by atoms with Crippen molar-refractivity contribution in [1.82, 2.24) is 9.97 Å². The van der Waals surface area contributed by atoms with Crippen LogP contribution < -0.4 is 10.6 Å². The Kier molecular flexibility index (Phi) is 5.34. The van der Waals surface area contributed by atoms with Crippen LogP contribution in [0.2, 0.25) is 0 Å². The fourth-order valence-electron chi connectivity index (χ4n) is 1.64. The Morgan fingerprint density at radius 2 is 1.94 bits per heavy atom. The summed E-state index contributed by atoms with van der Waals surface area (Å²) in [6.45, 7) is 12.3. The second-order valence-corrected chi connectivity index (χ2v) is 4.79. The molecule has 102 valence electrons. The van der Waals surface area contributed by atoms with Gasteiger partial charge < -0.3 is 15.4 Å². The lowest BCUT2D eigenvalue weighted by atomic mass is 10.1. The zero-order valence-electron chi connectivity index (χ0n) is 12.0. The van der Waals surface area contributed by atoms with Gasteiger partial charge in [0, 0.05) is 31.5 Å². The Hall–Kier alpha value is -1.36. The zero-order valence-corrected chi connectivity index (χ0v) is 12.0. The molecule has 0 spiro atoms. The first-order chi connectivity index (χ1) is 8.46. The molecule has 1 rings (SSSR count). The molecule has 0 aromatic carbocycles. The van der Waals surface area contributed by atoms with Gasteiger partial charge >= 0.3 is 0 Å². The van der Waals surface area contributed by atoms with E-state index in [1.807, 2.05) is 26.8 Å². The van der Waals surface area contributed by atoms with Crippen LogP contribution in [-0.4, -0.2) is 35.3 Å². The molecule has 0 amide bonds. The summed E-state index contributed by atoms with van der Waals surface area (Å²) in [6, 6.07) is 1.93. The summed E-state index contributed by atoms with van der Waals surface area (Å²) in [5.74, 6) is 1.49. The molecule has 1 aromatic heterocycles. The first-order valence-corrected chi connectivity index (χ1v) is 6.44. The summed E-state index contributed by atoms with van der Waals surface area (Å²) in [5.41, 5.74) is 0.740. The first kappa shape index (κ1) is 14.7. The number of aromatic nitrogens is 2. The largest absolute Gasteiger partial charge is 0.374 e. The van der Waals surface area contributed by atoms with Gasteiger partial charge in [-0.2, -0.15) is 4.98 Å². The Labute approximate surface area is 109 Å². The monoisotopic (exact) mass is 252 g/mol. The first-order valence-electron chi connectivity index (χ1n) is 6.44. The van der Waals surface area contributed by atoms with Gasteiger partial charge in [0.1, 0.15) is 5.82 Å². The number of nitrogens with one attached hydrogen (secondary N) is 2. The number of nitrogens with zero attached hydrogens (tertiary/aromatic N) is 2. The fraction of sp³-hybridized carbons (Fsp3) is 0.692. The maximum Gasteiger partial charge on any atom is 0.224 e. The number of hydrogen-bond donors (Lipinski definition) is 2. The van der Waals surface area contributed by atoms with E-state index >= 15 is 0 Å². The van der Waals surface area contributed by atoms with Crippen molar-refractivity contribution in [3.05, 3.63) is 11.8 Å². The summed E-state index contributed by atoms with van der Waals surface area (Å²) in [4.78, 5) is 8.71. The third kappa shape index (κ3) is 4.87. The molecule has 0 aliphatic carbocycles. The molecule has 0 saturated carbocycles. The van der Waals surface area contributed by atoms with Crippen LogP contribution in [0.5, 0.6) is 0 Å². The number of aryl methyl sites for hydroxylation is 1. The predicted octanol–water partition coefficient (Wildman–Crippen LogP) is 2.44. The predicted molar refractivity (Wildman–Crippen MR) is 75.1 cm³/mol. The van der Waals surface area contributed by atoms with Crippen LogP contribution in [0.25, 0.3) is 0 Å². The Morgan fingerprint density at radius 3 is 2.56 bits per heavy atom. The molecule has 0 aliphatic heterocycles. The fourth-order valence-corrected chi connectivity index (χ4v) is 1.64. The van der Waals surface area contributed by atoms with Gasteiger partial charge in [-0.25, -0.2) is 4.98 Å². The van der Waals surface area contributed by atoms with E-state index < -0.39 is 0 Å². The lowest BCUT2D eigenvalue weighted by Gasteiger charge is -2.25. The molecule has 0 saturated heterocycles. The third-order valence-electron chi connectivity index (χ3n) is 2.42. The van der Waals surface area contributed by atoms with Crippen LogP contribution in [0.3, 0.4) is 0 Å². The molecule has 1 aromatic rings. The van der Waals surface area contributed by atoms with Crippen LogP contribution in [0, 0.1) is 6.92 Å². The number of rotatable bonds is 7. The van der Waals surface area contributed by atoms with E-state index in [0.29, 0.717) is 19.1 Å². The number of anilines is 2. The van der Waals surface area contributed by atoms with Crippen molar-refractivity contribution in [3.63, 3.8) is 0 Å². The number of ether oxygens (including phenoxy) is 1. The lowest BCUT2D eigenvalue weighted by molar-refractivity contribution is 0.000640. The normalized spacial score (nSPS) is 11.4. The molecular weight excluding hydrogens is 228 g/mol. The highest BCUT2D eigenvalue weighted by Gasteiger charge is 2.17. The molecule has 18 heavy (non-hydrogen) atoms. The van der Waals surface area contributed by atoms with Crippen molar-refractivity contribution in [2.24, 2.45) is 0 Å². The highest BCUT2D eigenvalue weighted by molar-refractivity contribution is 5.42. The summed E-state index contributed by atoms with van der Waals surface area (Å²) >= 11 is 0. The van der Waals surface area contributed by atoms with Gasteiger partial charge in [-0.1, -0.05) is 0 Å². The molecule has 0 unspecified atom stereocenters. The van der Waals surface area contributed by atoms with Crippen molar-refractivity contribution >= 4 is 11.8 Å². The summed E-state index contributed by atoms with van der Waals surface area (Å²) in [6.07, 6.45) is 0. The highest BCUT2D eigenvalue weighted by atomic mass is 16.5. The molecular formula is C13H24N4O. The second kappa shape index (κ2) is 6.54. The molecule has 0 radical (unpaired) electrons. The average Bonchev–Trinajstić information content (AvgIpc) is 2.26. The Morgan fingerprint density at radius 1 is 1.22 bits per heavy atom. The minimum atomic E-state index is -0.202. The van der Waals surface area contributed by atoms with Crippen LogP contribution in [0.15, 0.2) is 6.07 Å². The van der Waals surface area contributed by atoms with E-state index in [4.69, 9.17) is 4.74 Å². The van der Waals surface area contributed by atoms with E-state index in [-0.39, 0.29) is 5.60 Å². The van der Waals surface area contributed by atoms with Crippen LogP contribution >= 0.6 is 0 Å². The third-order valence-corrected chi connectivity index (χ3v) is 2.42. The van der Waals surface area contributed by atoms with E-state index in [1.165, 1.54) is 0 Å². The second-order valence-electron chi connectivity index (χ2n) is 4.79. The van der Waals surface area contributed by atoms with E-state index in [0.717, 1.165) is 18.1 Å². The van der Waals surface area contributed by atoms with Crippen molar-refractivity contribution in [2.75, 3.05) is 30.3 Å². The molecule has 5 heteroatoms. The molecule has 0 bridgehead atoms. The average molecular weight is 252 g/mol. The Bertz CT molecular complexity index is 379. The minimum absolute atomic E-state index is 0.202. The van der Waals surface area contributed by atoms with Gasteiger partial charge in [0.05, 0.1) is 5.60 Å². The van der Waals surface area contributed by atoms with Crippen LogP contribution in [0.1, 0.15) is 33.4 Å². The standard InChI is InChI=1S/C13H24N4O/c1-6-14-12-16-10(3)8-11(17-12)15-9-13(4,5)18-7-2/h8H,6-7,9H2,1-5H3,(H2,14,15,16,17). The topological polar surface area (TPSA) is 59.1 Å². The maximum absolute atomic E-state index is 5.64. The van der Waals surface area contributed by atoms with Crippen molar-refractivity contribution in [3.8, 4) is 0 Å². The van der Waals surface area contributed by atoms with E-state index in [2.05, 4.69) is 34.4 Å². The van der Waals surface area contributed by atoms with Crippen molar-refractivity contribution in [1.29, 1.82) is 0 Å². The summed E-state index contributed by atoms with van der Waals surface area (Å²) < 4.78 is 5.64. The van der Waals surface area contributed by atoms with E-state index in [9.17, 15) is 0 Å².